The van der Waals surface area contributed by atoms with Crippen LogP contribution in [0.3, 0.4) is 0 Å². The molecule has 1 aliphatic rings. The first-order valence-electron chi connectivity index (χ1n) is 4.79. The average molecular weight is 169 g/mol. The second-order valence-electron chi connectivity index (χ2n) is 4.21. The lowest BCUT2D eigenvalue weighted by Gasteiger charge is -2.40. The van der Waals surface area contributed by atoms with E-state index in [2.05, 4.69) is 20.8 Å². The molecule has 0 N–H and O–H groups in total. The third-order valence-electron chi connectivity index (χ3n) is 3.11. The SMILES string of the molecule is CC(=O)N1CC(C)[C@H](C)CC1C. The summed E-state index contributed by atoms with van der Waals surface area (Å²) in [5.41, 5.74) is 0. The van der Waals surface area contributed by atoms with Crippen LogP contribution in [0.1, 0.15) is 34.1 Å². The molecule has 0 radical (unpaired) electrons. The second-order valence-corrected chi connectivity index (χ2v) is 4.21. The lowest BCUT2D eigenvalue weighted by Crippen LogP contribution is -2.46. The van der Waals surface area contributed by atoms with Gasteiger partial charge in [0.25, 0.3) is 0 Å². The molecule has 1 rings (SSSR count). The number of nitrogens with zero attached hydrogens (tertiary/aromatic N) is 1. The molecule has 0 bridgehead atoms. The van der Waals surface area contributed by atoms with Gasteiger partial charge in [0.2, 0.25) is 5.91 Å². The molecule has 0 aromatic rings. The van der Waals surface area contributed by atoms with Crippen LogP contribution in [0.25, 0.3) is 0 Å². The minimum Gasteiger partial charge on any atom is -0.340 e. The van der Waals surface area contributed by atoms with Crippen molar-refractivity contribution in [2.24, 2.45) is 11.8 Å². The van der Waals surface area contributed by atoms with Gasteiger partial charge >= 0.3 is 0 Å². The van der Waals surface area contributed by atoms with Crippen LogP contribution in [0, 0.1) is 11.8 Å². The van der Waals surface area contributed by atoms with Crippen molar-refractivity contribution in [1.29, 1.82) is 0 Å². The van der Waals surface area contributed by atoms with Crippen LogP contribution in [0.2, 0.25) is 0 Å². The monoisotopic (exact) mass is 169 g/mol. The fraction of sp³-hybridized carbons (Fsp3) is 0.900. The summed E-state index contributed by atoms with van der Waals surface area (Å²) in [5.74, 6) is 1.64. The minimum atomic E-state index is 0.223. The molecule has 3 atom stereocenters. The van der Waals surface area contributed by atoms with Crippen LogP contribution in [0.5, 0.6) is 0 Å². The fourth-order valence-electron chi connectivity index (χ4n) is 2.01. The first-order valence-corrected chi connectivity index (χ1v) is 4.79. The zero-order valence-corrected chi connectivity index (χ0v) is 8.50. The molecule has 0 saturated carbocycles. The summed E-state index contributed by atoms with van der Waals surface area (Å²) in [6.07, 6.45) is 1.15. The van der Waals surface area contributed by atoms with Crippen LogP contribution in [0.15, 0.2) is 0 Å². The first kappa shape index (κ1) is 9.56. The van der Waals surface area contributed by atoms with E-state index in [-0.39, 0.29) is 5.91 Å². The molecular formula is C10H19NO. The second kappa shape index (κ2) is 3.46. The van der Waals surface area contributed by atoms with Gasteiger partial charge in [-0.1, -0.05) is 13.8 Å². The largest absolute Gasteiger partial charge is 0.340 e. The van der Waals surface area contributed by atoms with Gasteiger partial charge in [0.15, 0.2) is 0 Å². The lowest BCUT2D eigenvalue weighted by atomic mass is 9.85. The number of hydrogen-bond donors (Lipinski definition) is 0. The third-order valence-corrected chi connectivity index (χ3v) is 3.11. The van der Waals surface area contributed by atoms with Crippen LogP contribution in [-0.2, 0) is 4.79 Å². The van der Waals surface area contributed by atoms with E-state index in [1.165, 1.54) is 0 Å². The molecular weight excluding hydrogens is 150 g/mol. The van der Waals surface area contributed by atoms with Crippen LogP contribution in [0.4, 0.5) is 0 Å². The normalized spacial score (nSPS) is 36.7. The summed E-state index contributed by atoms with van der Waals surface area (Å²) in [6.45, 7) is 9.26. The van der Waals surface area contributed by atoms with Gasteiger partial charge in [-0.3, -0.25) is 4.79 Å². The molecule has 0 spiro atoms. The minimum absolute atomic E-state index is 0.223. The van der Waals surface area contributed by atoms with Crippen molar-refractivity contribution in [3.05, 3.63) is 0 Å². The Balaban J connectivity index is 2.61. The van der Waals surface area contributed by atoms with E-state index >= 15 is 0 Å². The Morgan fingerprint density at radius 3 is 2.33 bits per heavy atom. The Morgan fingerprint density at radius 2 is 1.83 bits per heavy atom. The van der Waals surface area contributed by atoms with E-state index < -0.39 is 0 Å². The predicted octanol–water partition coefficient (Wildman–Crippen LogP) is 1.90. The van der Waals surface area contributed by atoms with E-state index in [9.17, 15) is 4.79 Å². The number of rotatable bonds is 0. The highest BCUT2D eigenvalue weighted by molar-refractivity contribution is 5.73. The molecule has 2 unspecified atom stereocenters. The third kappa shape index (κ3) is 1.79. The molecule has 0 aromatic carbocycles. The quantitative estimate of drug-likeness (QED) is 0.542. The van der Waals surface area contributed by atoms with E-state index in [4.69, 9.17) is 0 Å². The number of hydrogen-bond acceptors (Lipinski definition) is 1. The van der Waals surface area contributed by atoms with Gasteiger partial charge in [0, 0.05) is 19.5 Å². The average Bonchev–Trinajstić information content (AvgIpc) is 1.96. The van der Waals surface area contributed by atoms with Crippen LogP contribution < -0.4 is 0 Å². The van der Waals surface area contributed by atoms with Crippen molar-refractivity contribution in [1.82, 2.24) is 4.90 Å². The zero-order chi connectivity index (χ0) is 9.30. The highest BCUT2D eigenvalue weighted by Crippen LogP contribution is 2.26. The Morgan fingerprint density at radius 1 is 1.25 bits per heavy atom. The number of piperidine rings is 1. The van der Waals surface area contributed by atoms with Gasteiger partial charge in [-0.2, -0.15) is 0 Å². The zero-order valence-electron chi connectivity index (χ0n) is 8.50. The molecule has 70 valence electrons. The number of likely N-dealkylation sites (tertiary alicyclic amines) is 1. The van der Waals surface area contributed by atoms with Gasteiger partial charge in [0.1, 0.15) is 0 Å². The molecule has 1 amide bonds. The van der Waals surface area contributed by atoms with E-state index in [0.29, 0.717) is 12.0 Å². The Hall–Kier alpha value is -0.530. The summed E-state index contributed by atoms with van der Waals surface area (Å²) in [6, 6.07) is 0.439. The standard InChI is InChI=1S/C10H19NO/c1-7-5-9(3)11(10(4)12)6-8(7)2/h7-9H,5-6H2,1-4H3/t7-,8?,9?/m1/s1. The highest BCUT2D eigenvalue weighted by Gasteiger charge is 2.29. The van der Waals surface area contributed by atoms with Gasteiger partial charge in [-0.25, -0.2) is 0 Å². The van der Waals surface area contributed by atoms with Crippen molar-refractivity contribution in [3.8, 4) is 0 Å². The van der Waals surface area contributed by atoms with Crippen LogP contribution in [-0.4, -0.2) is 23.4 Å². The van der Waals surface area contributed by atoms with E-state index in [1.807, 2.05) is 4.90 Å². The van der Waals surface area contributed by atoms with E-state index in [1.54, 1.807) is 6.92 Å². The summed E-state index contributed by atoms with van der Waals surface area (Å²) >= 11 is 0. The molecule has 1 saturated heterocycles. The molecule has 0 aromatic heterocycles. The van der Waals surface area contributed by atoms with Crippen molar-refractivity contribution in [2.45, 2.75) is 40.2 Å². The van der Waals surface area contributed by atoms with Crippen molar-refractivity contribution < 1.29 is 4.79 Å². The van der Waals surface area contributed by atoms with Crippen molar-refractivity contribution in [3.63, 3.8) is 0 Å². The molecule has 2 nitrogen and oxygen atoms in total. The Labute approximate surface area is 74.9 Å². The van der Waals surface area contributed by atoms with Gasteiger partial charge in [0.05, 0.1) is 0 Å². The molecule has 1 aliphatic heterocycles. The number of carbonyl (C=O) groups excluding carboxylic acids is 1. The van der Waals surface area contributed by atoms with Crippen molar-refractivity contribution >= 4 is 5.91 Å². The molecule has 2 heteroatoms. The predicted molar refractivity (Wildman–Crippen MR) is 49.8 cm³/mol. The molecule has 1 fully saturated rings. The van der Waals surface area contributed by atoms with E-state index in [0.717, 1.165) is 18.9 Å². The van der Waals surface area contributed by atoms with Gasteiger partial charge in [-0.05, 0) is 25.2 Å². The summed E-state index contributed by atoms with van der Waals surface area (Å²) in [5, 5.41) is 0. The summed E-state index contributed by atoms with van der Waals surface area (Å²) < 4.78 is 0. The molecule has 12 heavy (non-hydrogen) atoms. The topological polar surface area (TPSA) is 20.3 Å². The highest BCUT2D eigenvalue weighted by atomic mass is 16.2. The maximum atomic E-state index is 11.2. The number of carbonyl (C=O) groups is 1. The number of amides is 1. The van der Waals surface area contributed by atoms with Gasteiger partial charge < -0.3 is 4.90 Å². The Kier molecular flexibility index (Phi) is 2.76. The van der Waals surface area contributed by atoms with Gasteiger partial charge in [-0.15, -0.1) is 0 Å². The summed E-state index contributed by atoms with van der Waals surface area (Å²) in [7, 11) is 0. The lowest BCUT2D eigenvalue weighted by molar-refractivity contribution is -0.133. The Bertz CT molecular complexity index is 179. The smallest absolute Gasteiger partial charge is 0.219 e. The first-order chi connectivity index (χ1) is 5.52. The molecule has 0 aliphatic carbocycles. The summed E-state index contributed by atoms with van der Waals surface area (Å²) in [4.78, 5) is 13.2. The fourth-order valence-corrected chi connectivity index (χ4v) is 2.01. The molecule has 1 heterocycles. The van der Waals surface area contributed by atoms with Crippen molar-refractivity contribution in [2.75, 3.05) is 6.54 Å². The maximum Gasteiger partial charge on any atom is 0.219 e. The maximum absolute atomic E-state index is 11.2. The van der Waals surface area contributed by atoms with Crippen LogP contribution >= 0.6 is 0 Å².